The van der Waals surface area contributed by atoms with Crippen molar-refractivity contribution in [2.75, 3.05) is 6.54 Å². The van der Waals surface area contributed by atoms with Crippen molar-refractivity contribution in [3.8, 4) is 0 Å². The van der Waals surface area contributed by atoms with Crippen LogP contribution in [0.2, 0.25) is 0 Å². The molecule has 2 heterocycles. The molecule has 1 aliphatic heterocycles. The Morgan fingerprint density at radius 2 is 1.71 bits per heavy atom. The van der Waals surface area contributed by atoms with E-state index in [1.54, 1.807) is 0 Å². The lowest BCUT2D eigenvalue weighted by molar-refractivity contribution is 0.134. The fourth-order valence-corrected chi connectivity index (χ4v) is 4.27. The number of nitrogens with one attached hydrogen (secondary N) is 2. The van der Waals surface area contributed by atoms with Gasteiger partial charge in [-0.15, -0.1) is 34.2 Å². The molecular weight excluding hydrogens is 537 g/mol. The second-order valence-electron chi connectivity index (χ2n) is 8.90. The molecule has 2 unspecified atom stereocenters. The molecular formula is C26H36IN7. The molecule has 4 rings (SSSR count). The number of benzene rings is 2. The maximum atomic E-state index is 4.87. The lowest BCUT2D eigenvalue weighted by Gasteiger charge is -2.38. The second-order valence-corrected chi connectivity index (χ2v) is 8.90. The van der Waals surface area contributed by atoms with Crippen molar-refractivity contribution < 1.29 is 0 Å². The summed E-state index contributed by atoms with van der Waals surface area (Å²) in [5.41, 5.74) is 2.57. The fourth-order valence-electron chi connectivity index (χ4n) is 4.27. The molecule has 0 aliphatic carbocycles. The lowest BCUT2D eigenvalue weighted by atomic mass is 9.97. The van der Waals surface area contributed by atoms with E-state index >= 15 is 0 Å². The highest BCUT2D eigenvalue weighted by Crippen LogP contribution is 2.20. The van der Waals surface area contributed by atoms with E-state index in [2.05, 4.69) is 87.3 Å². The Balaban J connectivity index is 0.00000324. The predicted octanol–water partition coefficient (Wildman–Crippen LogP) is 4.03. The van der Waals surface area contributed by atoms with Gasteiger partial charge in [-0.1, -0.05) is 60.7 Å². The molecule has 0 radical (unpaired) electrons. The van der Waals surface area contributed by atoms with Crippen LogP contribution in [0.25, 0.3) is 0 Å². The molecule has 0 amide bonds. The van der Waals surface area contributed by atoms with Crippen LogP contribution in [0.1, 0.15) is 42.5 Å². The monoisotopic (exact) mass is 573 g/mol. The standard InChI is InChI=1S/C26H35N7.HI/c1-20-16-24(14-15-33(20)19-23-12-8-5-9-13-23)29-26(27-17-22-10-6-4-7-11-22)28-18-25-31-30-21(2)32(25)3;/h4-13,20,24H,14-19H2,1-3H3,(H2,27,28,29);1H. The molecule has 0 bridgehead atoms. The Bertz CT molecular complexity index is 1040. The van der Waals surface area contributed by atoms with E-state index in [0.29, 0.717) is 25.2 Å². The van der Waals surface area contributed by atoms with Crippen molar-refractivity contribution in [3.05, 3.63) is 83.4 Å². The van der Waals surface area contributed by atoms with Crippen LogP contribution in [0, 0.1) is 6.92 Å². The van der Waals surface area contributed by atoms with E-state index in [1.807, 2.05) is 24.6 Å². The van der Waals surface area contributed by atoms with Crippen molar-refractivity contribution in [2.45, 2.75) is 58.4 Å². The lowest BCUT2D eigenvalue weighted by Crippen LogP contribution is -2.51. The third-order valence-corrected chi connectivity index (χ3v) is 6.44. The largest absolute Gasteiger partial charge is 0.354 e. The Hall–Kier alpha value is -2.46. The summed E-state index contributed by atoms with van der Waals surface area (Å²) in [4.78, 5) is 7.45. The number of rotatable bonds is 7. The van der Waals surface area contributed by atoms with Crippen molar-refractivity contribution in [3.63, 3.8) is 0 Å². The summed E-state index contributed by atoms with van der Waals surface area (Å²) in [6, 6.07) is 22.0. The maximum Gasteiger partial charge on any atom is 0.192 e. The first kappa shape index (κ1) is 26.2. The summed E-state index contributed by atoms with van der Waals surface area (Å²) in [7, 11) is 1.99. The van der Waals surface area contributed by atoms with Crippen molar-refractivity contribution in [1.29, 1.82) is 0 Å². The van der Waals surface area contributed by atoms with Crippen molar-refractivity contribution >= 4 is 29.9 Å². The fraction of sp³-hybridized carbons (Fsp3) is 0.423. The Kier molecular flexibility index (Phi) is 9.88. The molecule has 7 nitrogen and oxygen atoms in total. The average Bonchev–Trinajstić information content (AvgIpc) is 3.16. The first-order valence-electron chi connectivity index (χ1n) is 11.8. The van der Waals surface area contributed by atoms with E-state index in [1.165, 1.54) is 11.1 Å². The van der Waals surface area contributed by atoms with E-state index in [0.717, 1.165) is 43.5 Å². The normalized spacial score (nSPS) is 18.9. The van der Waals surface area contributed by atoms with Gasteiger partial charge in [0, 0.05) is 32.2 Å². The van der Waals surface area contributed by atoms with E-state index in [4.69, 9.17) is 4.99 Å². The molecule has 2 atom stereocenters. The smallest absolute Gasteiger partial charge is 0.192 e. The number of aromatic nitrogens is 3. The quantitative estimate of drug-likeness (QED) is 0.254. The van der Waals surface area contributed by atoms with Gasteiger partial charge in [-0.05, 0) is 37.8 Å². The summed E-state index contributed by atoms with van der Waals surface area (Å²) in [5, 5.41) is 15.6. The maximum absolute atomic E-state index is 4.87. The Morgan fingerprint density at radius 3 is 2.32 bits per heavy atom. The highest BCUT2D eigenvalue weighted by atomic mass is 127. The Morgan fingerprint density at radius 1 is 1.03 bits per heavy atom. The molecule has 34 heavy (non-hydrogen) atoms. The average molecular weight is 574 g/mol. The first-order valence-corrected chi connectivity index (χ1v) is 11.8. The summed E-state index contributed by atoms with van der Waals surface area (Å²) in [6.07, 6.45) is 2.17. The number of hydrogen-bond acceptors (Lipinski definition) is 4. The van der Waals surface area contributed by atoms with Crippen LogP contribution in [0.3, 0.4) is 0 Å². The molecule has 0 spiro atoms. The van der Waals surface area contributed by atoms with Crippen LogP contribution in [-0.4, -0.2) is 44.3 Å². The summed E-state index contributed by atoms with van der Waals surface area (Å²) in [5.74, 6) is 2.63. The molecule has 2 aromatic carbocycles. The first-order chi connectivity index (χ1) is 16.1. The van der Waals surface area contributed by atoms with Crippen LogP contribution >= 0.6 is 24.0 Å². The van der Waals surface area contributed by atoms with Gasteiger partial charge in [-0.2, -0.15) is 0 Å². The predicted molar refractivity (Wildman–Crippen MR) is 148 cm³/mol. The van der Waals surface area contributed by atoms with E-state index in [9.17, 15) is 0 Å². The third kappa shape index (κ3) is 7.27. The van der Waals surface area contributed by atoms with Gasteiger partial charge in [0.2, 0.25) is 0 Å². The third-order valence-electron chi connectivity index (χ3n) is 6.44. The van der Waals surface area contributed by atoms with Gasteiger partial charge in [-0.25, -0.2) is 4.99 Å². The minimum atomic E-state index is 0. The van der Waals surface area contributed by atoms with Gasteiger partial charge in [0.05, 0.1) is 13.1 Å². The van der Waals surface area contributed by atoms with Crippen LogP contribution in [-0.2, 0) is 26.7 Å². The minimum absolute atomic E-state index is 0. The van der Waals surface area contributed by atoms with Gasteiger partial charge in [0.1, 0.15) is 5.82 Å². The van der Waals surface area contributed by atoms with Gasteiger partial charge >= 0.3 is 0 Å². The summed E-state index contributed by atoms with van der Waals surface area (Å²) >= 11 is 0. The number of likely N-dealkylation sites (tertiary alicyclic amines) is 1. The van der Waals surface area contributed by atoms with Crippen LogP contribution in [0.15, 0.2) is 65.7 Å². The molecule has 1 fully saturated rings. The number of aliphatic imine (C=N–C) groups is 1. The number of guanidine groups is 1. The molecule has 1 saturated heterocycles. The van der Waals surface area contributed by atoms with Crippen LogP contribution < -0.4 is 10.6 Å². The number of nitrogens with zero attached hydrogens (tertiary/aromatic N) is 5. The van der Waals surface area contributed by atoms with Crippen LogP contribution in [0.4, 0.5) is 0 Å². The van der Waals surface area contributed by atoms with Gasteiger partial charge in [0.25, 0.3) is 0 Å². The van der Waals surface area contributed by atoms with E-state index in [-0.39, 0.29) is 24.0 Å². The molecule has 2 N–H and O–H groups in total. The molecule has 182 valence electrons. The molecule has 8 heteroatoms. The molecule has 1 aromatic heterocycles. The van der Waals surface area contributed by atoms with Gasteiger partial charge < -0.3 is 15.2 Å². The zero-order chi connectivity index (χ0) is 23.0. The van der Waals surface area contributed by atoms with Crippen LogP contribution in [0.5, 0.6) is 0 Å². The van der Waals surface area contributed by atoms with E-state index < -0.39 is 0 Å². The van der Waals surface area contributed by atoms with Crippen molar-refractivity contribution in [1.82, 2.24) is 30.3 Å². The number of hydrogen-bond donors (Lipinski definition) is 2. The number of halogens is 1. The molecule has 1 aliphatic rings. The SMILES string of the molecule is Cc1nnc(CNC(=NCc2ccccc2)NC2CCN(Cc3ccccc3)C(C)C2)n1C.I. The summed E-state index contributed by atoms with van der Waals surface area (Å²) < 4.78 is 2.01. The number of aryl methyl sites for hydroxylation is 1. The molecule has 3 aromatic rings. The zero-order valence-electron chi connectivity index (χ0n) is 20.3. The molecule has 0 saturated carbocycles. The topological polar surface area (TPSA) is 70.4 Å². The highest BCUT2D eigenvalue weighted by molar-refractivity contribution is 14.0. The van der Waals surface area contributed by atoms with Gasteiger partial charge in [-0.3, -0.25) is 4.90 Å². The number of piperidine rings is 1. The minimum Gasteiger partial charge on any atom is -0.354 e. The Labute approximate surface area is 220 Å². The second kappa shape index (κ2) is 12.9. The van der Waals surface area contributed by atoms with Gasteiger partial charge in [0.15, 0.2) is 11.8 Å². The summed E-state index contributed by atoms with van der Waals surface area (Å²) in [6.45, 7) is 7.59. The highest BCUT2D eigenvalue weighted by Gasteiger charge is 2.26. The van der Waals surface area contributed by atoms with Crippen molar-refractivity contribution in [2.24, 2.45) is 12.0 Å². The zero-order valence-corrected chi connectivity index (χ0v) is 22.6.